The van der Waals surface area contributed by atoms with Crippen LogP contribution in [-0.4, -0.2) is 22.1 Å². The molecule has 0 aromatic heterocycles. The summed E-state index contributed by atoms with van der Waals surface area (Å²) < 4.78 is 4.12. The molecule has 0 fully saturated rings. The Morgan fingerprint density at radius 2 is 1.62 bits per heavy atom. The predicted molar refractivity (Wildman–Crippen MR) is 62.6 cm³/mol. The maximum Gasteiger partial charge on any atom is 0.0499 e. The van der Waals surface area contributed by atoms with Gasteiger partial charge in [-0.1, -0.05) is 38.9 Å². The van der Waals surface area contributed by atoms with Crippen LogP contribution in [-0.2, 0) is 19.5 Å². The Balaban J connectivity index is 0. The van der Waals surface area contributed by atoms with Crippen molar-refractivity contribution in [1.82, 2.24) is 4.31 Å². The molecule has 0 atom stereocenters. The first kappa shape index (κ1) is 16.5. The van der Waals surface area contributed by atoms with Crippen molar-refractivity contribution in [2.75, 3.05) is 13.1 Å². The molecule has 0 aromatic carbocycles. The Labute approximate surface area is 105 Å². The average molecular weight is 271 g/mol. The molecule has 4 heteroatoms. The SMILES string of the molecule is CCCCN(CCCC)SC=S.[Zn]. The Morgan fingerprint density at radius 1 is 1.15 bits per heavy atom. The third kappa shape index (κ3) is 10.9. The number of nitrogens with zero attached hydrogens (tertiary/aromatic N) is 1. The molecule has 0 heterocycles. The Kier molecular flexibility index (Phi) is 16.5. The first-order valence-electron chi connectivity index (χ1n) is 4.70. The van der Waals surface area contributed by atoms with E-state index in [2.05, 4.69) is 18.2 Å². The molecule has 0 aromatic rings. The van der Waals surface area contributed by atoms with E-state index in [9.17, 15) is 0 Å². The van der Waals surface area contributed by atoms with Crippen LogP contribution < -0.4 is 0 Å². The first-order chi connectivity index (χ1) is 5.85. The smallest absolute Gasteiger partial charge is 0.0499 e. The number of thiocarbonyl (C=S) groups is 1. The zero-order valence-corrected chi connectivity index (χ0v) is 13.4. The van der Waals surface area contributed by atoms with Crippen molar-refractivity contribution in [3.8, 4) is 0 Å². The summed E-state index contributed by atoms with van der Waals surface area (Å²) in [5.74, 6) is 0. The summed E-state index contributed by atoms with van der Waals surface area (Å²) in [5, 5.41) is 0. The van der Waals surface area contributed by atoms with Crippen molar-refractivity contribution in [2.24, 2.45) is 0 Å². The van der Waals surface area contributed by atoms with Gasteiger partial charge in [0.1, 0.15) is 0 Å². The fourth-order valence-electron chi connectivity index (χ4n) is 0.947. The van der Waals surface area contributed by atoms with E-state index in [-0.39, 0.29) is 19.5 Å². The van der Waals surface area contributed by atoms with Crippen molar-refractivity contribution < 1.29 is 19.5 Å². The number of rotatable bonds is 8. The van der Waals surface area contributed by atoms with Gasteiger partial charge in [0.2, 0.25) is 0 Å². The van der Waals surface area contributed by atoms with Gasteiger partial charge in [-0.25, -0.2) is 4.31 Å². The average Bonchev–Trinajstić information content (AvgIpc) is 2.10. The molecule has 0 aliphatic carbocycles. The second-order valence-corrected chi connectivity index (χ2v) is 4.33. The van der Waals surface area contributed by atoms with E-state index in [1.807, 2.05) is 0 Å². The number of hydrogen-bond acceptors (Lipinski definition) is 3. The van der Waals surface area contributed by atoms with Crippen LogP contribution in [0.3, 0.4) is 0 Å². The van der Waals surface area contributed by atoms with E-state index >= 15 is 0 Å². The summed E-state index contributed by atoms with van der Waals surface area (Å²) in [4.78, 5) is 0. The number of unbranched alkanes of at least 4 members (excludes halogenated alkanes) is 2. The van der Waals surface area contributed by atoms with Crippen LogP contribution >= 0.6 is 24.2 Å². The van der Waals surface area contributed by atoms with Gasteiger partial charge in [0.15, 0.2) is 0 Å². The topological polar surface area (TPSA) is 3.24 Å². The van der Waals surface area contributed by atoms with Gasteiger partial charge in [-0.3, -0.25) is 0 Å². The van der Waals surface area contributed by atoms with Crippen molar-refractivity contribution in [3.63, 3.8) is 0 Å². The third-order valence-corrected chi connectivity index (χ3v) is 2.72. The van der Waals surface area contributed by atoms with Gasteiger partial charge in [-0.05, 0) is 24.8 Å². The molecule has 74 valence electrons. The molecule has 0 saturated heterocycles. The summed E-state index contributed by atoms with van der Waals surface area (Å²) in [6.45, 7) is 6.79. The molecule has 0 spiro atoms. The number of hydrogen-bond donors (Lipinski definition) is 0. The standard InChI is InChI=1S/C9H19NS2.Zn/c1-3-5-7-10(12-9-11)8-6-4-2;/h9H,3-8H2,1-2H3;. The molecule has 0 aliphatic rings. The van der Waals surface area contributed by atoms with Crippen LogP contribution in [0.1, 0.15) is 39.5 Å². The van der Waals surface area contributed by atoms with Crippen LogP contribution in [0.15, 0.2) is 0 Å². The molecule has 0 radical (unpaired) electrons. The van der Waals surface area contributed by atoms with E-state index in [4.69, 9.17) is 12.2 Å². The van der Waals surface area contributed by atoms with Crippen molar-refractivity contribution in [3.05, 3.63) is 0 Å². The first-order valence-corrected chi connectivity index (χ1v) is 6.01. The van der Waals surface area contributed by atoms with E-state index in [1.165, 1.54) is 38.8 Å². The fourth-order valence-corrected chi connectivity index (χ4v) is 1.90. The van der Waals surface area contributed by atoms with Gasteiger partial charge in [0, 0.05) is 37.3 Å². The Morgan fingerprint density at radius 3 is 1.92 bits per heavy atom. The minimum absolute atomic E-state index is 0. The second-order valence-electron chi connectivity index (χ2n) is 2.84. The van der Waals surface area contributed by atoms with E-state index < -0.39 is 0 Å². The zero-order valence-electron chi connectivity index (χ0n) is 8.79. The molecule has 0 saturated carbocycles. The molecular formula is C9H19NS2Zn. The van der Waals surface area contributed by atoms with Crippen LogP contribution in [0.4, 0.5) is 0 Å². The van der Waals surface area contributed by atoms with E-state index in [0.717, 1.165) is 0 Å². The molecule has 0 rings (SSSR count). The van der Waals surface area contributed by atoms with Gasteiger partial charge < -0.3 is 0 Å². The van der Waals surface area contributed by atoms with Crippen LogP contribution in [0.5, 0.6) is 0 Å². The molecule has 0 bridgehead atoms. The van der Waals surface area contributed by atoms with Gasteiger partial charge >= 0.3 is 0 Å². The van der Waals surface area contributed by atoms with E-state index in [0.29, 0.717) is 0 Å². The van der Waals surface area contributed by atoms with Crippen LogP contribution in [0.2, 0.25) is 0 Å². The zero-order chi connectivity index (χ0) is 9.23. The molecule has 0 amide bonds. The van der Waals surface area contributed by atoms with Crippen molar-refractivity contribution >= 4 is 28.9 Å². The predicted octanol–water partition coefficient (Wildman–Crippen LogP) is 3.49. The van der Waals surface area contributed by atoms with E-state index in [1.54, 1.807) is 16.6 Å². The summed E-state index contributed by atoms with van der Waals surface area (Å²) in [6, 6.07) is 0. The molecule has 0 N–H and O–H groups in total. The summed E-state index contributed by atoms with van der Waals surface area (Å²) in [6.07, 6.45) is 5.08. The van der Waals surface area contributed by atoms with Crippen molar-refractivity contribution in [2.45, 2.75) is 39.5 Å². The van der Waals surface area contributed by atoms with Gasteiger partial charge in [0.25, 0.3) is 0 Å². The van der Waals surface area contributed by atoms with Crippen LogP contribution in [0, 0.1) is 0 Å². The maximum absolute atomic E-state index is 4.83. The largest absolute Gasteiger partial charge is 0.246 e. The van der Waals surface area contributed by atoms with Crippen LogP contribution in [0.25, 0.3) is 0 Å². The Hall–Kier alpha value is 1.02. The minimum atomic E-state index is 0. The Bertz CT molecular complexity index is 104. The molecule has 1 nitrogen and oxygen atoms in total. The summed E-state index contributed by atoms with van der Waals surface area (Å²) >= 11 is 6.50. The fraction of sp³-hybridized carbons (Fsp3) is 0.889. The molecule has 0 unspecified atom stereocenters. The quantitative estimate of drug-likeness (QED) is 0.378. The summed E-state index contributed by atoms with van der Waals surface area (Å²) in [5.41, 5.74) is 0. The molecule has 0 aliphatic heterocycles. The monoisotopic (exact) mass is 269 g/mol. The third-order valence-electron chi connectivity index (χ3n) is 1.71. The normalized spacial score (nSPS) is 9.77. The van der Waals surface area contributed by atoms with Gasteiger partial charge in [-0.2, -0.15) is 0 Å². The molecular weight excluding hydrogens is 252 g/mol. The maximum atomic E-state index is 4.83. The van der Waals surface area contributed by atoms with Crippen molar-refractivity contribution in [1.29, 1.82) is 0 Å². The van der Waals surface area contributed by atoms with Gasteiger partial charge in [-0.15, -0.1) is 0 Å². The molecule has 13 heavy (non-hydrogen) atoms. The van der Waals surface area contributed by atoms with Gasteiger partial charge in [0.05, 0.1) is 0 Å². The summed E-state index contributed by atoms with van der Waals surface area (Å²) in [7, 11) is 0. The minimum Gasteiger partial charge on any atom is -0.246 e. The second kappa shape index (κ2) is 13.0.